The molecule has 0 atom stereocenters. The van der Waals surface area contributed by atoms with Crippen molar-refractivity contribution in [2.45, 2.75) is 26.2 Å². The van der Waals surface area contributed by atoms with Gasteiger partial charge in [0.1, 0.15) is 11.5 Å². The van der Waals surface area contributed by atoms with Crippen LogP contribution in [0.1, 0.15) is 46.6 Å². The smallest absolute Gasteiger partial charge is 0.209 e. The van der Waals surface area contributed by atoms with E-state index in [1.165, 1.54) is 14.2 Å². The summed E-state index contributed by atoms with van der Waals surface area (Å²) in [6, 6.07) is 2.66. The normalized spacial score (nSPS) is 13.3. The summed E-state index contributed by atoms with van der Waals surface area (Å²) in [5.74, 6) is -0.681. The molecule has 1 aromatic carbocycles. The number of ether oxygens (including phenoxy) is 2. The van der Waals surface area contributed by atoms with E-state index in [2.05, 4.69) is 4.98 Å². The van der Waals surface area contributed by atoms with Crippen molar-refractivity contribution in [3.05, 3.63) is 47.2 Å². The summed E-state index contributed by atoms with van der Waals surface area (Å²) >= 11 is 0. The van der Waals surface area contributed by atoms with Gasteiger partial charge in [0.05, 0.1) is 24.0 Å². The topological polar surface area (TPSA) is 51.3 Å². The fourth-order valence-corrected chi connectivity index (χ4v) is 1.84. The number of carbonyl (C=O) groups excluding carboxylic acids is 1. The van der Waals surface area contributed by atoms with Crippen LogP contribution in [-0.2, 0) is 5.41 Å². The number of nitrogens with one attached hydrogen (secondary N) is 1. The van der Waals surface area contributed by atoms with Gasteiger partial charge in [0.25, 0.3) is 0 Å². The molecule has 0 spiro atoms. The van der Waals surface area contributed by atoms with Gasteiger partial charge in [0, 0.05) is 22.7 Å². The van der Waals surface area contributed by atoms with Crippen LogP contribution in [0.2, 0.25) is 0 Å². The van der Waals surface area contributed by atoms with E-state index < -0.39 is 5.78 Å². The fraction of sp³-hybridized carbons (Fsp3) is 0.353. The Bertz CT molecular complexity index is 760. The molecule has 1 heterocycles. The van der Waals surface area contributed by atoms with Gasteiger partial charge in [0.15, 0.2) is 0 Å². The first-order valence-electron chi connectivity index (χ1n) is 8.09. The highest BCUT2D eigenvalue weighted by Crippen LogP contribution is 2.26. The number of hydrogen-bond acceptors (Lipinski definition) is 3. The standard InChI is InChI=1S/C17H21NO3/c1-17(2,3)15-7-6-14(18-15)16(19)11-8-12(20-4)10-13(9-11)21-5/h6-10,18H,1-5H3/i8D,9D,10D. The zero-order valence-corrected chi connectivity index (χ0v) is 12.9. The molecule has 1 aromatic heterocycles. The fourth-order valence-electron chi connectivity index (χ4n) is 1.84. The first-order chi connectivity index (χ1) is 11.1. The van der Waals surface area contributed by atoms with Crippen LogP contribution in [-0.4, -0.2) is 25.0 Å². The van der Waals surface area contributed by atoms with Gasteiger partial charge in [-0.3, -0.25) is 4.79 Å². The number of aromatic amines is 1. The van der Waals surface area contributed by atoms with E-state index in [0.717, 1.165) is 5.69 Å². The van der Waals surface area contributed by atoms with Crippen molar-refractivity contribution in [3.8, 4) is 11.5 Å². The van der Waals surface area contributed by atoms with Gasteiger partial charge in [-0.2, -0.15) is 0 Å². The highest BCUT2D eigenvalue weighted by molar-refractivity contribution is 6.08. The molecule has 0 radical (unpaired) electrons. The molecule has 2 rings (SSSR count). The number of methoxy groups -OCH3 is 2. The maximum absolute atomic E-state index is 12.8. The minimum atomic E-state index is -0.503. The third-order valence-corrected chi connectivity index (χ3v) is 3.08. The summed E-state index contributed by atoms with van der Waals surface area (Å²) in [5.41, 5.74) is 0.845. The molecule has 0 aliphatic rings. The van der Waals surface area contributed by atoms with E-state index in [1.54, 1.807) is 6.07 Å². The molecule has 0 saturated carbocycles. The molecular formula is C17H21NO3. The molecule has 0 aliphatic heterocycles. The van der Waals surface area contributed by atoms with Crippen LogP contribution in [0.15, 0.2) is 30.3 Å². The van der Waals surface area contributed by atoms with Crippen molar-refractivity contribution in [3.63, 3.8) is 0 Å². The van der Waals surface area contributed by atoms with Crippen LogP contribution in [0.5, 0.6) is 11.5 Å². The van der Waals surface area contributed by atoms with E-state index in [0.29, 0.717) is 0 Å². The lowest BCUT2D eigenvalue weighted by atomic mass is 9.93. The summed E-state index contributed by atoms with van der Waals surface area (Å²) in [5, 5.41) is 0. The molecule has 4 nitrogen and oxygen atoms in total. The number of rotatable bonds is 4. The minimum Gasteiger partial charge on any atom is -0.497 e. The van der Waals surface area contributed by atoms with Crippen molar-refractivity contribution in [2.75, 3.05) is 14.2 Å². The summed E-state index contributed by atoms with van der Waals surface area (Å²) < 4.78 is 34.4. The SMILES string of the molecule is [2H]c1c(OC)c([2H])c(C(=O)c2ccc(C(C)(C)C)[nH]2)c([2H])c1OC. The first-order valence-corrected chi connectivity index (χ1v) is 6.59. The first kappa shape index (κ1) is 11.4. The summed E-state index contributed by atoms with van der Waals surface area (Å²) in [4.78, 5) is 15.9. The molecule has 0 unspecified atom stereocenters. The van der Waals surface area contributed by atoms with Gasteiger partial charge in [-0.25, -0.2) is 0 Å². The Balaban J connectivity index is 2.63. The maximum atomic E-state index is 12.8. The van der Waals surface area contributed by atoms with E-state index in [4.69, 9.17) is 13.6 Å². The molecule has 0 fully saturated rings. The summed E-state index contributed by atoms with van der Waals surface area (Å²) in [6.07, 6.45) is 0. The van der Waals surface area contributed by atoms with E-state index in [-0.39, 0.29) is 46.3 Å². The van der Waals surface area contributed by atoms with Crippen LogP contribution in [0.4, 0.5) is 0 Å². The van der Waals surface area contributed by atoms with Gasteiger partial charge in [0.2, 0.25) is 5.78 Å². The molecule has 0 aliphatic carbocycles. The van der Waals surface area contributed by atoms with E-state index in [1.807, 2.05) is 26.8 Å². The lowest BCUT2D eigenvalue weighted by molar-refractivity contribution is 0.103. The van der Waals surface area contributed by atoms with Crippen LogP contribution in [0.3, 0.4) is 0 Å². The van der Waals surface area contributed by atoms with Gasteiger partial charge in [-0.05, 0) is 24.2 Å². The second kappa shape index (κ2) is 5.64. The summed E-state index contributed by atoms with van der Waals surface area (Å²) in [7, 11) is 2.63. The number of benzene rings is 1. The van der Waals surface area contributed by atoms with Crippen LogP contribution < -0.4 is 9.47 Å². The average molecular weight is 290 g/mol. The molecule has 0 amide bonds. The summed E-state index contributed by atoms with van der Waals surface area (Å²) in [6.45, 7) is 6.04. The molecule has 0 saturated heterocycles. The Hall–Kier alpha value is -2.23. The molecule has 21 heavy (non-hydrogen) atoms. The predicted octanol–water partition coefficient (Wildman–Crippen LogP) is 3.56. The monoisotopic (exact) mass is 290 g/mol. The van der Waals surface area contributed by atoms with Gasteiger partial charge in [-0.1, -0.05) is 20.8 Å². The molecular weight excluding hydrogens is 266 g/mol. The molecule has 0 bridgehead atoms. The van der Waals surface area contributed by atoms with Gasteiger partial charge in [-0.15, -0.1) is 0 Å². The largest absolute Gasteiger partial charge is 0.497 e. The molecule has 1 N–H and O–H groups in total. The quantitative estimate of drug-likeness (QED) is 0.876. The number of carbonyl (C=O) groups is 1. The van der Waals surface area contributed by atoms with Crippen LogP contribution in [0, 0.1) is 0 Å². The highest BCUT2D eigenvalue weighted by Gasteiger charge is 2.19. The molecule has 2 aromatic rings. The van der Waals surface area contributed by atoms with Crippen molar-refractivity contribution < 1.29 is 18.4 Å². The van der Waals surface area contributed by atoms with Crippen LogP contribution in [0.25, 0.3) is 0 Å². The van der Waals surface area contributed by atoms with Crippen molar-refractivity contribution in [1.82, 2.24) is 4.98 Å². The van der Waals surface area contributed by atoms with Crippen molar-refractivity contribution in [2.24, 2.45) is 0 Å². The van der Waals surface area contributed by atoms with Crippen molar-refractivity contribution >= 4 is 5.78 Å². The number of ketones is 1. The van der Waals surface area contributed by atoms with Crippen LogP contribution >= 0.6 is 0 Å². The third kappa shape index (κ3) is 3.27. The minimum absolute atomic E-state index is 0.0891. The van der Waals surface area contributed by atoms with Gasteiger partial charge >= 0.3 is 0 Å². The Labute approximate surface area is 129 Å². The average Bonchev–Trinajstić information content (AvgIpc) is 2.97. The van der Waals surface area contributed by atoms with E-state index >= 15 is 0 Å². The highest BCUT2D eigenvalue weighted by atomic mass is 16.5. The van der Waals surface area contributed by atoms with E-state index in [9.17, 15) is 4.79 Å². The number of H-pyrrole nitrogens is 1. The van der Waals surface area contributed by atoms with Crippen molar-refractivity contribution in [1.29, 1.82) is 0 Å². The Kier molecular flexibility index (Phi) is 3.07. The van der Waals surface area contributed by atoms with Gasteiger partial charge < -0.3 is 14.5 Å². The Morgan fingerprint density at radius 1 is 1.10 bits per heavy atom. The molecule has 112 valence electrons. The lowest BCUT2D eigenvalue weighted by Gasteiger charge is -2.16. The lowest BCUT2D eigenvalue weighted by Crippen LogP contribution is -2.12. The molecule has 4 heteroatoms. The zero-order chi connectivity index (χ0) is 18.2. The second-order valence-electron chi connectivity index (χ2n) is 5.68. The zero-order valence-electron chi connectivity index (χ0n) is 15.9. The third-order valence-electron chi connectivity index (χ3n) is 3.08. The number of aromatic nitrogens is 1. The second-order valence-corrected chi connectivity index (χ2v) is 5.68. The Morgan fingerprint density at radius 3 is 2.10 bits per heavy atom. The number of hydrogen-bond donors (Lipinski definition) is 1. The maximum Gasteiger partial charge on any atom is 0.209 e. The predicted molar refractivity (Wildman–Crippen MR) is 82.5 cm³/mol. The Morgan fingerprint density at radius 2 is 1.67 bits per heavy atom.